The molecule has 2 aromatic rings. The van der Waals surface area contributed by atoms with Crippen LogP contribution in [0.15, 0.2) is 42.5 Å². The first-order chi connectivity index (χ1) is 12.6. The molecule has 1 unspecified atom stereocenters. The zero-order valence-corrected chi connectivity index (χ0v) is 14.8. The molecule has 0 aliphatic carbocycles. The van der Waals surface area contributed by atoms with Gasteiger partial charge in [-0.3, -0.25) is 9.59 Å². The van der Waals surface area contributed by atoms with Gasteiger partial charge in [-0.05, 0) is 55.8 Å². The maximum atomic E-state index is 12.5. The van der Waals surface area contributed by atoms with Gasteiger partial charge in [-0.25, -0.2) is 0 Å². The van der Waals surface area contributed by atoms with E-state index in [-0.39, 0.29) is 5.91 Å². The van der Waals surface area contributed by atoms with Crippen molar-refractivity contribution < 1.29 is 23.8 Å². The lowest BCUT2D eigenvalue weighted by Gasteiger charge is -2.33. The van der Waals surface area contributed by atoms with Crippen LogP contribution in [0.1, 0.15) is 23.7 Å². The van der Waals surface area contributed by atoms with Gasteiger partial charge < -0.3 is 19.1 Å². The fourth-order valence-electron chi connectivity index (χ4n) is 2.81. The summed E-state index contributed by atoms with van der Waals surface area (Å²) in [6, 6.07) is 12.4. The fraction of sp³-hybridized carbons (Fsp3) is 0.300. The SMILES string of the molecule is COc1ccc(OCCCN2C(=O)C(C)Oc3ccc(C=O)cc32)cc1. The summed E-state index contributed by atoms with van der Waals surface area (Å²) in [4.78, 5) is 25.2. The number of hydrogen-bond donors (Lipinski definition) is 0. The number of fused-ring (bicyclic) bond motifs is 1. The number of ether oxygens (including phenoxy) is 3. The van der Waals surface area contributed by atoms with Gasteiger partial charge in [-0.15, -0.1) is 0 Å². The minimum Gasteiger partial charge on any atom is -0.497 e. The van der Waals surface area contributed by atoms with Crippen LogP contribution in [-0.4, -0.2) is 38.6 Å². The van der Waals surface area contributed by atoms with Crippen LogP contribution in [0.3, 0.4) is 0 Å². The number of hydrogen-bond acceptors (Lipinski definition) is 5. The molecular formula is C20H21NO5. The van der Waals surface area contributed by atoms with E-state index in [1.807, 2.05) is 24.3 Å². The monoisotopic (exact) mass is 355 g/mol. The van der Waals surface area contributed by atoms with E-state index in [1.165, 1.54) is 0 Å². The van der Waals surface area contributed by atoms with E-state index >= 15 is 0 Å². The third kappa shape index (κ3) is 3.79. The highest BCUT2D eigenvalue weighted by atomic mass is 16.5. The number of benzene rings is 2. The van der Waals surface area contributed by atoms with E-state index in [0.29, 0.717) is 36.6 Å². The van der Waals surface area contributed by atoms with Crippen molar-refractivity contribution in [1.82, 2.24) is 0 Å². The van der Waals surface area contributed by atoms with Gasteiger partial charge >= 0.3 is 0 Å². The number of carbonyl (C=O) groups excluding carboxylic acids is 2. The second-order valence-corrected chi connectivity index (χ2v) is 5.97. The van der Waals surface area contributed by atoms with Crippen molar-refractivity contribution in [3.05, 3.63) is 48.0 Å². The maximum absolute atomic E-state index is 12.5. The van der Waals surface area contributed by atoms with E-state index in [2.05, 4.69) is 0 Å². The minimum absolute atomic E-state index is 0.120. The van der Waals surface area contributed by atoms with Crippen molar-refractivity contribution in [3.8, 4) is 17.2 Å². The number of anilines is 1. The Kier molecular flexibility index (Phi) is 5.41. The summed E-state index contributed by atoms with van der Waals surface area (Å²) in [5.41, 5.74) is 1.14. The van der Waals surface area contributed by atoms with E-state index in [9.17, 15) is 9.59 Å². The fourth-order valence-corrected chi connectivity index (χ4v) is 2.81. The van der Waals surface area contributed by atoms with Gasteiger partial charge in [0.25, 0.3) is 5.91 Å². The van der Waals surface area contributed by atoms with Gasteiger partial charge in [0.05, 0.1) is 19.4 Å². The molecule has 6 nitrogen and oxygen atoms in total. The van der Waals surface area contributed by atoms with Gasteiger partial charge in [0.15, 0.2) is 6.10 Å². The number of nitrogens with zero attached hydrogens (tertiary/aromatic N) is 1. The van der Waals surface area contributed by atoms with E-state index in [4.69, 9.17) is 14.2 Å². The third-order valence-corrected chi connectivity index (χ3v) is 4.18. The molecule has 1 heterocycles. The van der Waals surface area contributed by atoms with Crippen LogP contribution in [0, 0.1) is 0 Å². The van der Waals surface area contributed by atoms with Crippen LogP contribution in [0.5, 0.6) is 17.2 Å². The summed E-state index contributed by atoms with van der Waals surface area (Å²) >= 11 is 0. The Hall–Kier alpha value is -3.02. The van der Waals surface area contributed by atoms with Crippen molar-refractivity contribution in [2.24, 2.45) is 0 Å². The van der Waals surface area contributed by atoms with Gasteiger partial charge in [0, 0.05) is 12.1 Å². The second kappa shape index (κ2) is 7.91. The van der Waals surface area contributed by atoms with Gasteiger partial charge in [-0.2, -0.15) is 0 Å². The summed E-state index contributed by atoms with van der Waals surface area (Å²) in [6.07, 6.45) is 0.857. The lowest BCUT2D eigenvalue weighted by molar-refractivity contribution is -0.125. The Morgan fingerprint density at radius 3 is 2.58 bits per heavy atom. The topological polar surface area (TPSA) is 65.1 Å². The molecular weight excluding hydrogens is 334 g/mol. The Morgan fingerprint density at radius 1 is 1.15 bits per heavy atom. The minimum atomic E-state index is -0.549. The van der Waals surface area contributed by atoms with Crippen molar-refractivity contribution in [3.63, 3.8) is 0 Å². The summed E-state index contributed by atoms with van der Waals surface area (Å²) in [7, 11) is 1.62. The molecule has 1 aliphatic rings. The highest BCUT2D eigenvalue weighted by Gasteiger charge is 2.31. The van der Waals surface area contributed by atoms with Crippen LogP contribution in [-0.2, 0) is 4.79 Å². The second-order valence-electron chi connectivity index (χ2n) is 5.97. The predicted octanol–water partition coefficient (Wildman–Crippen LogP) is 3.09. The molecule has 0 spiro atoms. The third-order valence-electron chi connectivity index (χ3n) is 4.18. The standard InChI is InChI=1S/C20H21NO5/c1-14-20(23)21(18-12-15(13-22)4-9-19(18)26-14)10-3-11-25-17-7-5-16(24-2)6-8-17/h4-9,12-14H,3,10-11H2,1-2H3. The lowest BCUT2D eigenvalue weighted by atomic mass is 10.1. The first-order valence-corrected chi connectivity index (χ1v) is 8.46. The molecule has 0 bridgehead atoms. The largest absolute Gasteiger partial charge is 0.497 e. The van der Waals surface area contributed by atoms with Crippen LogP contribution in [0.4, 0.5) is 5.69 Å². The Bertz CT molecular complexity index is 787. The molecule has 1 amide bonds. The molecule has 0 aromatic heterocycles. The summed E-state index contributed by atoms with van der Waals surface area (Å²) in [5, 5.41) is 0. The van der Waals surface area contributed by atoms with Crippen molar-refractivity contribution in [2.45, 2.75) is 19.4 Å². The smallest absolute Gasteiger partial charge is 0.267 e. The van der Waals surface area contributed by atoms with E-state index in [1.54, 1.807) is 37.1 Å². The first-order valence-electron chi connectivity index (χ1n) is 8.46. The number of aldehydes is 1. The average molecular weight is 355 g/mol. The Balaban J connectivity index is 1.63. The highest BCUT2D eigenvalue weighted by molar-refractivity contribution is 6.00. The Labute approximate surface area is 152 Å². The predicted molar refractivity (Wildman–Crippen MR) is 97.4 cm³/mol. The van der Waals surface area contributed by atoms with E-state index < -0.39 is 6.10 Å². The number of rotatable bonds is 7. The quantitative estimate of drug-likeness (QED) is 0.564. The van der Waals surface area contributed by atoms with Gasteiger partial charge in [-0.1, -0.05) is 0 Å². The number of methoxy groups -OCH3 is 1. The molecule has 26 heavy (non-hydrogen) atoms. The normalized spacial score (nSPS) is 15.8. The zero-order chi connectivity index (χ0) is 18.5. The highest BCUT2D eigenvalue weighted by Crippen LogP contribution is 2.34. The van der Waals surface area contributed by atoms with Crippen LogP contribution < -0.4 is 19.1 Å². The summed E-state index contributed by atoms with van der Waals surface area (Å²) in [5.74, 6) is 2.01. The molecule has 1 atom stereocenters. The molecule has 0 saturated carbocycles. The van der Waals surface area contributed by atoms with Gasteiger partial charge in [0.2, 0.25) is 0 Å². The molecule has 1 aliphatic heterocycles. The molecule has 6 heteroatoms. The average Bonchev–Trinajstić information content (AvgIpc) is 2.68. The lowest BCUT2D eigenvalue weighted by Crippen LogP contribution is -2.45. The molecule has 136 valence electrons. The molecule has 0 fully saturated rings. The summed E-state index contributed by atoms with van der Waals surface area (Å²) < 4.78 is 16.4. The van der Waals surface area contributed by atoms with Crippen LogP contribution in [0.2, 0.25) is 0 Å². The zero-order valence-electron chi connectivity index (χ0n) is 14.8. The molecule has 3 rings (SSSR count). The number of carbonyl (C=O) groups is 2. The first kappa shape index (κ1) is 17.8. The molecule has 0 radical (unpaired) electrons. The van der Waals surface area contributed by atoms with Crippen molar-refractivity contribution in [2.75, 3.05) is 25.2 Å². The van der Waals surface area contributed by atoms with Gasteiger partial charge in [0.1, 0.15) is 23.5 Å². The van der Waals surface area contributed by atoms with Crippen molar-refractivity contribution in [1.29, 1.82) is 0 Å². The van der Waals surface area contributed by atoms with E-state index in [0.717, 1.165) is 17.8 Å². The van der Waals surface area contributed by atoms with Crippen molar-refractivity contribution >= 4 is 17.9 Å². The molecule has 0 N–H and O–H groups in total. The molecule has 0 saturated heterocycles. The van der Waals surface area contributed by atoms with Crippen LogP contribution >= 0.6 is 0 Å². The Morgan fingerprint density at radius 2 is 1.88 bits per heavy atom. The summed E-state index contributed by atoms with van der Waals surface area (Å²) in [6.45, 7) is 2.67. The molecule has 2 aromatic carbocycles. The maximum Gasteiger partial charge on any atom is 0.267 e. The number of amides is 1. The van der Waals surface area contributed by atoms with Crippen LogP contribution in [0.25, 0.3) is 0 Å².